The van der Waals surface area contributed by atoms with Crippen molar-refractivity contribution in [3.8, 4) is 0 Å². The van der Waals surface area contributed by atoms with Gasteiger partial charge in [-0.25, -0.2) is 4.79 Å². The Kier molecular flexibility index (Phi) is 4.72. The van der Waals surface area contributed by atoms with Crippen LogP contribution in [0, 0.1) is 6.92 Å². The third-order valence-electron chi connectivity index (χ3n) is 2.83. The number of aryl methyl sites for hydroxylation is 2. The molecule has 1 atom stereocenters. The van der Waals surface area contributed by atoms with E-state index in [-0.39, 0.29) is 11.6 Å². The van der Waals surface area contributed by atoms with Gasteiger partial charge in [-0.05, 0) is 40.9 Å². The molecule has 0 bridgehead atoms. The fourth-order valence-corrected chi connectivity index (χ4v) is 1.84. The minimum atomic E-state index is -0.942. The highest BCUT2D eigenvalue weighted by atomic mass is 16.4. The number of hydrogen-bond donors (Lipinski definition) is 2. The first-order chi connectivity index (χ1) is 8.32. The van der Waals surface area contributed by atoms with E-state index in [1.54, 1.807) is 18.7 Å². The Labute approximate surface area is 108 Å². The second-order valence-electron chi connectivity index (χ2n) is 4.88. The van der Waals surface area contributed by atoms with E-state index < -0.39 is 5.97 Å². The average Bonchev–Trinajstić information content (AvgIpc) is 2.51. The lowest BCUT2D eigenvalue weighted by molar-refractivity contribution is 0.0697. The maximum atomic E-state index is 11.2. The summed E-state index contributed by atoms with van der Waals surface area (Å²) in [6, 6.07) is 0.195. The normalized spacial score (nSPS) is 12.8. The lowest BCUT2D eigenvalue weighted by atomic mass is 10.2. The van der Waals surface area contributed by atoms with Gasteiger partial charge in [-0.2, -0.15) is 5.10 Å². The molecule has 1 aromatic heterocycles. The molecule has 0 radical (unpaired) electrons. The van der Waals surface area contributed by atoms with Crippen molar-refractivity contribution in [2.75, 3.05) is 26.0 Å². The van der Waals surface area contributed by atoms with E-state index >= 15 is 0 Å². The van der Waals surface area contributed by atoms with Crippen molar-refractivity contribution in [3.63, 3.8) is 0 Å². The van der Waals surface area contributed by atoms with Gasteiger partial charge in [-0.15, -0.1) is 0 Å². The SMILES string of the molecule is Cc1nn(C)c(NC(C)CCN(C)C)c1C(=O)O. The molecule has 0 aromatic carbocycles. The van der Waals surface area contributed by atoms with E-state index in [9.17, 15) is 9.90 Å². The maximum Gasteiger partial charge on any atom is 0.341 e. The molecule has 0 spiro atoms. The predicted molar refractivity (Wildman–Crippen MR) is 71.2 cm³/mol. The smallest absolute Gasteiger partial charge is 0.341 e. The summed E-state index contributed by atoms with van der Waals surface area (Å²) >= 11 is 0. The molecule has 1 heterocycles. The monoisotopic (exact) mass is 254 g/mol. The molecular weight excluding hydrogens is 232 g/mol. The van der Waals surface area contributed by atoms with Gasteiger partial charge in [0.05, 0.1) is 5.69 Å². The topological polar surface area (TPSA) is 70.4 Å². The van der Waals surface area contributed by atoms with Crippen molar-refractivity contribution in [2.24, 2.45) is 7.05 Å². The molecular formula is C12H22N4O2. The van der Waals surface area contributed by atoms with Gasteiger partial charge >= 0.3 is 5.97 Å². The van der Waals surface area contributed by atoms with Crippen LogP contribution in [0.15, 0.2) is 0 Å². The van der Waals surface area contributed by atoms with Gasteiger partial charge in [0, 0.05) is 13.1 Å². The number of hydrogen-bond acceptors (Lipinski definition) is 4. The van der Waals surface area contributed by atoms with Crippen LogP contribution >= 0.6 is 0 Å². The number of carboxylic acid groups (broad SMARTS) is 1. The van der Waals surface area contributed by atoms with Gasteiger partial charge in [0.25, 0.3) is 0 Å². The quantitative estimate of drug-likeness (QED) is 0.797. The molecule has 0 aliphatic carbocycles. The largest absolute Gasteiger partial charge is 0.477 e. The van der Waals surface area contributed by atoms with Crippen molar-refractivity contribution in [3.05, 3.63) is 11.3 Å². The van der Waals surface area contributed by atoms with Crippen LogP contribution < -0.4 is 5.32 Å². The summed E-state index contributed by atoms with van der Waals surface area (Å²) < 4.78 is 1.59. The summed E-state index contributed by atoms with van der Waals surface area (Å²) in [5, 5.41) is 16.6. The van der Waals surface area contributed by atoms with Crippen LogP contribution in [-0.2, 0) is 7.05 Å². The number of nitrogens with zero attached hydrogens (tertiary/aromatic N) is 3. The second kappa shape index (κ2) is 5.86. The Bertz CT molecular complexity index is 426. The highest BCUT2D eigenvalue weighted by molar-refractivity contribution is 5.94. The summed E-state index contributed by atoms with van der Waals surface area (Å²) in [5.41, 5.74) is 0.793. The van der Waals surface area contributed by atoms with E-state index in [2.05, 4.69) is 15.3 Å². The third-order valence-corrected chi connectivity index (χ3v) is 2.83. The minimum absolute atomic E-state index is 0.195. The molecule has 6 nitrogen and oxygen atoms in total. The van der Waals surface area contributed by atoms with Crippen molar-refractivity contribution >= 4 is 11.8 Å². The predicted octanol–water partition coefficient (Wildman–Crippen LogP) is 1.18. The zero-order chi connectivity index (χ0) is 13.9. The van der Waals surface area contributed by atoms with E-state index in [4.69, 9.17) is 0 Å². The molecule has 0 fully saturated rings. The molecule has 1 unspecified atom stereocenters. The molecule has 1 aromatic rings. The van der Waals surface area contributed by atoms with Crippen LogP contribution in [0.25, 0.3) is 0 Å². The lowest BCUT2D eigenvalue weighted by Crippen LogP contribution is -2.24. The highest BCUT2D eigenvalue weighted by Crippen LogP contribution is 2.20. The molecule has 0 aliphatic rings. The first-order valence-corrected chi connectivity index (χ1v) is 6.01. The highest BCUT2D eigenvalue weighted by Gasteiger charge is 2.20. The molecule has 0 aliphatic heterocycles. The maximum absolute atomic E-state index is 11.2. The summed E-state index contributed by atoms with van der Waals surface area (Å²) in [6.07, 6.45) is 0.941. The van der Waals surface area contributed by atoms with E-state index in [0.29, 0.717) is 11.5 Å². The van der Waals surface area contributed by atoms with Crippen LogP contribution in [0.4, 0.5) is 5.82 Å². The average molecular weight is 254 g/mol. The third kappa shape index (κ3) is 3.46. The van der Waals surface area contributed by atoms with E-state index in [1.165, 1.54) is 0 Å². The van der Waals surface area contributed by atoms with Gasteiger partial charge in [0.2, 0.25) is 0 Å². The van der Waals surface area contributed by atoms with Crippen molar-refractivity contribution in [2.45, 2.75) is 26.3 Å². The molecule has 0 amide bonds. The molecule has 0 saturated heterocycles. The van der Waals surface area contributed by atoms with E-state index in [1.807, 2.05) is 21.0 Å². The molecule has 18 heavy (non-hydrogen) atoms. The lowest BCUT2D eigenvalue weighted by Gasteiger charge is -2.18. The zero-order valence-corrected chi connectivity index (χ0v) is 11.7. The Balaban J connectivity index is 2.80. The Hall–Kier alpha value is -1.56. The first-order valence-electron chi connectivity index (χ1n) is 6.01. The van der Waals surface area contributed by atoms with Gasteiger partial charge in [-0.1, -0.05) is 0 Å². The zero-order valence-electron chi connectivity index (χ0n) is 11.7. The Morgan fingerprint density at radius 3 is 2.67 bits per heavy atom. The van der Waals surface area contributed by atoms with Gasteiger partial charge in [0.1, 0.15) is 11.4 Å². The molecule has 102 valence electrons. The molecule has 2 N–H and O–H groups in total. The van der Waals surface area contributed by atoms with E-state index in [0.717, 1.165) is 13.0 Å². The number of carbonyl (C=O) groups is 1. The molecule has 6 heteroatoms. The fourth-order valence-electron chi connectivity index (χ4n) is 1.84. The van der Waals surface area contributed by atoms with Gasteiger partial charge < -0.3 is 15.3 Å². The number of aromatic carboxylic acids is 1. The van der Waals surface area contributed by atoms with Crippen LogP contribution in [0.3, 0.4) is 0 Å². The number of rotatable bonds is 6. The van der Waals surface area contributed by atoms with Crippen LogP contribution in [-0.4, -0.2) is 52.4 Å². The summed E-state index contributed by atoms with van der Waals surface area (Å²) in [5.74, 6) is -0.367. The first kappa shape index (κ1) is 14.5. The van der Waals surface area contributed by atoms with Crippen molar-refractivity contribution < 1.29 is 9.90 Å². The summed E-state index contributed by atoms with van der Waals surface area (Å²) in [4.78, 5) is 13.3. The minimum Gasteiger partial charge on any atom is -0.477 e. The standard InChI is InChI=1S/C12H22N4O2/c1-8(6-7-15(3)4)13-11-10(12(17)18)9(2)14-16(11)5/h8,13H,6-7H2,1-5H3,(H,17,18). The number of carboxylic acids is 1. The number of anilines is 1. The van der Waals surface area contributed by atoms with Crippen LogP contribution in [0.2, 0.25) is 0 Å². The van der Waals surface area contributed by atoms with Gasteiger partial charge in [-0.3, -0.25) is 4.68 Å². The number of aromatic nitrogens is 2. The number of nitrogens with one attached hydrogen (secondary N) is 1. The molecule has 1 rings (SSSR count). The van der Waals surface area contributed by atoms with Crippen LogP contribution in [0.1, 0.15) is 29.4 Å². The Morgan fingerprint density at radius 2 is 2.17 bits per heavy atom. The van der Waals surface area contributed by atoms with Crippen molar-refractivity contribution in [1.82, 2.24) is 14.7 Å². The van der Waals surface area contributed by atoms with Crippen molar-refractivity contribution in [1.29, 1.82) is 0 Å². The molecule has 0 saturated carbocycles. The summed E-state index contributed by atoms with van der Waals surface area (Å²) in [7, 11) is 5.79. The summed E-state index contributed by atoms with van der Waals surface area (Å²) in [6.45, 7) is 4.70. The second-order valence-corrected chi connectivity index (χ2v) is 4.88. The Morgan fingerprint density at radius 1 is 1.56 bits per heavy atom. The van der Waals surface area contributed by atoms with Gasteiger partial charge in [0.15, 0.2) is 0 Å². The fraction of sp³-hybridized carbons (Fsp3) is 0.667. The van der Waals surface area contributed by atoms with Crippen LogP contribution in [0.5, 0.6) is 0 Å².